The van der Waals surface area contributed by atoms with Gasteiger partial charge in [-0.25, -0.2) is 17.5 Å². The normalized spacial score (nSPS) is 11.2. The second kappa shape index (κ2) is 7.85. The van der Waals surface area contributed by atoms with E-state index >= 15 is 0 Å². The number of nitrogens with one attached hydrogen (secondary N) is 2. The molecule has 0 aliphatic rings. The molecule has 0 saturated carbocycles. The molecule has 0 heterocycles. The van der Waals surface area contributed by atoms with E-state index in [2.05, 4.69) is 10.0 Å². The molecule has 0 saturated heterocycles. The van der Waals surface area contributed by atoms with Crippen molar-refractivity contribution >= 4 is 15.9 Å². The van der Waals surface area contributed by atoms with Crippen LogP contribution in [0.15, 0.2) is 59.5 Å². The maximum atomic E-state index is 13.1. The van der Waals surface area contributed by atoms with Gasteiger partial charge in [0.1, 0.15) is 5.82 Å². The van der Waals surface area contributed by atoms with E-state index in [9.17, 15) is 17.6 Å². The molecule has 122 valence electrons. The Morgan fingerprint density at radius 3 is 2.48 bits per heavy atom. The van der Waals surface area contributed by atoms with E-state index in [1.54, 1.807) is 0 Å². The predicted molar refractivity (Wildman–Crippen MR) is 84.7 cm³/mol. The number of carbonyl (C=O) groups is 1. The van der Waals surface area contributed by atoms with Gasteiger partial charge >= 0.3 is 0 Å². The van der Waals surface area contributed by atoms with E-state index in [-0.39, 0.29) is 4.90 Å². The molecule has 2 aromatic carbocycles. The van der Waals surface area contributed by atoms with E-state index in [0.29, 0.717) is 13.0 Å². The minimum Gasteiger partial charge on any atom is -0.355 e. The summed E-state index contributed by atoms with van der Waals surface area (Å²) in [5.41, 5.74) is 1.08. The van der Waals surface area contributed by atoms with Crippen LogP contribution in [-0.4, -0.2) is 27.4 Å². The summed E-state index contributed by atoms with van der Waals surface area (Å²) in [6, 6.07) is 14.2. The highest BCUT2D eigenvalue weighted by Gasteiger charge is 2.15. The van der Waals surface area contributed by atoms with Gasteiger partial charge in [-0.2, -0.15) is 0 Å². The molecule has 0 fully saturated rings. The average Bonchev–Trinajstić information content (AvgIpc) is 2.54. The number of benzene rings is 2. The lowest BCUT2D eigenvalue weighted by molar-refractivity contribution is -0.119. The topological polar surface area (TPSA) is 75.3 Å². The zero-order valence-electron chi connectivity index (χ0n) is 12.3. The monoisotopic (exact) mass is 336 g/mol. The Hall–Kier alpha value is -2.25. The first kappa shape index (κ1) is 17.1. The van der Waals surface area contributed by atoms with Crippen molar-refractivity contribution in [3.63, 3.8) is 0 Å². The summed E-state index contributed by atoms with van der Waals surface area (Å²) in [6.07, 6.45) is 0.656. The van der Waals surface area contributed by atoms with Crippen LogP contribution in [0.3, 0.4) is 0 Å². The summed E-state index contributed by atoms with van der Waals surface area (Å²) in [7, 11) is -3.91. The first-order chi connectivity index (χ1) is 11.0. The number of halogens is 1. The van der Waals surface area contributed by atoms with Crippen LogP contribution in [0.25, 0.3) is 0 Å². The van der Waals surface area contributed by atoms with E-state index in [4.69, 9.17) is 0 Å². The lowest BCUT2D eigenvalue weighted by Gasteiger charge is -2.08. The molecule has 0 aliphatic heterocycles. The van der Waals surface area contributed by atoms with Gasteiger partial charge < -0.3 is 5.32 Å². The standard InChI is InChI=1S/C16H17FN2O3S/c17-14-7-4-8-15(11-14)23(21,22)19-12-16(20)18-10-9-13-5-2-1-3-6-13/h1-8,11,19H,9-10,12H2,(H,18,20). The number of sulfonamides is 1. The third kappa shape index (κ3) is 5.46. The summed E-state index contributed by atoms with van der Waals surface area (Å²) in [6.45, 7) is 0.0121. The van der Waals surface area contributed by atoms with Crippen molar-refractivity contribution in [3.8, 4) is 0 Å². The van der Waals surface area contributed by atoms with Crippen molar-refractivity contribution in [1.29, 1.82) is 0 Å². The zero-order chi connectivity index (χ0) is 16.7. The zero-order valence-corrected chi connectivity index (χ0v) is 13.1. The van der Waals surface area contributed by atoms with Crippen LogP contribution < -0.4 is 10.0 Å². The van der Waals surface area contributed by atoms with E-state index in [1.807, 2.05) is 30.3 Å². The molecule has 7 heteroatoms. The summed E-state index contributed by atoms with van der Waals surface area (Å²) < 4.78 is 39.0. The smallest absolute Gasteiger partial charge is 0.241 e. The van der Waals surface area contributed by atoms with Gasteiger partial charge in [-0.1, -0.05) is 36.4 Å². The minimum absolute atomic E-state index is 0.213. The first-order valence-corrected chi connectivity index (χ1v) is 8.51. The Kier molecular flexibility index (Phi) is 5.84. The highest BCUT2D eigenvalue weighted by molar-refractivity contribution is 7.89. The van der Waals surface area contributed by atoms with Crippen molar-refractivity contribution in [2.75, 3.05) is 13.1 Å². The van der Waals surface area contributed by atoms with Crippen LogP contribution >= 0.6 is 0 Å². The van der Waals surface area contributed by atoms with Crippen molar-refractivity contribution in [2.45, 2.75) is 11.3 Å². The summed E-state index contributed by atoms with van der Waals surface area (Å²) in [5, 5.41) is 2.63. The highest BCUT2D eigenvalue weighted by Crippen LogP contribution is 2.09. The predicted octanol–water partition coefficient (Wildman–Crippen LogP) is 1.46. The van der Waals surface area contributed by atoms with Crippen LogP contribution in [0.5, 0.6) is 0 Å². The van der Waals surface area contributed by atoms with Crippen LogP contribution in [0, 0.1) is 5.82 Å². The Morgan fingerprint density at radius 2 is 1.78 bits per heavy atom. The quantitative estimate of drug-likeness (QED) is 0.804. The minimum atomic E-state index is -3.91. The second-order valence-electron chi connectivity index (χ2n) is 4.87. The fraction of sp³-hybridized carbons (Fsp3) is 0.188. The lowest BCUT2D eigenvalue weighted by Crippen LogP contribution is -2.37. The molecule has 0 bridgehead atoms. The molecule has 0 aliphatic carbocycles. The summed E-state index contributed by atoms with van der Waals surface area (Å²) in [4.78, 5) is 11.5. The fourth-order valence-electron chi connectivity index (χ4n) is 1.93. The maximum absolute atomic E-state index is 13.1. The van der Waals surface area contributed by atoms with Crippen molar-refractivity contribution in [1.82, 2.24) is 10.0 Å². The number of amides is 1. The van der Waals surface area contributed by atoms with Gasteiger partial charge in [0.2, 0.25) is 15.9 Å². The molecule has 0 atom stereocenters. The molecule has 0 radical (unpaired) electrons. The fourth-order valence-corrected chi connectivity index (χ4v) is 2.94. The molecular weight excluding hydrogens is 319 g/mol. The maximum Gasteiger partial charge on any atom is 0.241 e. The first-order valence-electron chi connectivity index (χ1n) is 7.03. The third-order valence-corrected chi connectivity index (χ3v) is 4.51. The summed E-state index contributed by atoms with van der Waals surface area (Å²) >= 11 is 0. The Balaban J connectivity index is 1.79. The van der Waals surface area contributed by atoms with Gasteiger partial charge in [-0.15, -0.1) is 0 Å². The Morgan fingerprint density at radius 1 is 1.04 bits per heavy atom. The van der Waals surface area contributed by atoms with Gasteiger partial charge in [0.15, 0.2) is 0 Å². The molecule has 2 aromatic rings. The van der Waals surface area contributed by atoms with Gasteiger partial charge in [-0.05, 0) is 30.2 Å². The molecule has 2 N–H and O–H groups in total. The Labute approximate surface area is 134 Å². The molecule has 0 spiro atoms. The molecule has 2 rings (SSSR count). The number of rotatable bonds is 7. The largest absolute Gasteiger partial charge is 0.355 e. The van der Waals surface area contributed by atoms with Crippen LogP contribution in [0.4, 0.5) is 4.39 Å². The molecule has 1 amide bonds. The number of hydrogen-bond donors (Lipinski definition) is 2. The number of carbonyl (C=O) groups excluding carboxylic acids is 1. The van der Waals surface area contributed by atoms with Crippen LogP contribution in [0.2, 0.25) is 0 Å². The Bertz CT molecular complexity index is 764. The van der Waals surface area contributed by atoms with Gasteiger partial charge in [0, 0.05) is 6.54 Å². The van der Waals surface area contributed by atoms with Crippen LogP contribution in [0.1, 0.15) is 5.56 Å². The van der Waals surface area contributed by atoms with E-state index < -0.39 is 28.3 Å². The molecular formula is C16H17FN2O3S. The molecule has 23 heavy (non-hydrogen) atoms. The van der Waals surface area contributed by atoms with E-state index in [1.165, 1.54) is 12.1 Å². The van der Waals surface area contributed by atoms with Gasteiger partial charge in [0.25, 0.3) is 0 Å². The second-order valence-corrected chi connectivity index (χ2v) is 6.63. The average molecular weight is 336 g/mol. The summed E-state index contributed by atoms with van der Waals surface area (Å²) in [5.74, 6) is -1.10. The highest BCUT2D eigenvalue weighted by atomic mass is 32.2. The number of hydrogen-bond acceptors (Lipinski definition) is 3. The molecule has 0 aromatic heterocycles. The molecule has 0 unspecified atom stereocenters. The van der Waals surface area contributed by atoms with Gasteiger partial charge in [0.05, 0.1) is 11.4 Å². The van der Waals surface area contributed by atoms with Crippen molar-refractivity contribution in [3.05, 3.63) is 66.0 Å². The van der Waals surface area contributed by atoms with E-state index in [0.717, 1.165) is 17.7 Å². The lowest BCUT2D eigenvalue weighted by atomic mass is 10.1. The van der Waals surface area contributed by atoms with Crippen molar-refractivity contribution < 1.29 is 17.6 Å². The SMILES string of the molecule is O=C(CNS(=O)(=O)c1cccc(F)c1)NCCc1ccccc1. The van der Waals surface area contributed by atoms with Gasteiger partial charge in [-0.3, -0.25) is 4.79 Å². The van der Waals surface area contributed by atoms with Crippen molar-refractivity contribution in [2.24, 2.45) is 0 Å². The molecule has 5 nitrogen and oxygen atoms in total. The third-order valence-electron chi connectivity index (χ3n) is 3.11. The van der Waals surface area contributed by atoms with Crippen LogP contribution in [-0.2, 0) is 21.2 Å².